The van der Waals surface area contributed by atoms with Crippen LogP contribution in [0.3, 0.4) is 0 Å². The highest BCUT2D eigenvalue weighted by Gasteiger charge is 2.29. The number of carbonyl (C=O) groups excluding carboxylic acids is 1. The molecular formula is C12H23NO5. The van der Waals surface area contributed by atoms with Crippen molar-refractivity contribution in [1.29, 1.82) is 0 Å². The van der Waals surface area contributed by atoms with Gasteiger partial charge in [0, 0.05) is 39.1 Å². The zero-order valence-corrected chi connectivity index (χ0v) is 10.9. The van der Waals surface area contributed by atoms with Gasteiger partial charge in [-0.2, -0.15) is 0 Å². The lowest BCUT2D eigenvalue weighted by Crippen LogP contribution is -2.46. The smallest absolute Gasteiger partial charge is 0.308 e. The minimum Gasteiger partial charge on any atom is -0.466 e. The maximum absolute atomic E-state index is 11.1. The highest BCUT2D eigenvalue weighted by molar-refractivity contribution is 5.69. The molecule has 1 aliphatic heterocycles. The van der Waals surface area contributed by atoms with E-state index < -0.39 is 17.7 Å². The van der Waals surface area contributed by atoms with Crippen molar-refractivity contribution in [3.8, 4) is 0 Å². The summed E-state index contributed by atoms with van der Waals surface area (Å²) in [7, 11) is 0. The molecule has 0 bridgehead atoms. The zero-order valence-electron chi connectivity index (χ0n) is 10.9. The van der Waals surface area contributed by atoms with Crippen molar-refractivity contribution in [3.05, 3.63) is 0 Å². The molecule has 1 rings (SSSR count). The molecule has 1 fully saturated rings. The van der Waals surface area contributed by atoms with E-state index in [1.165, 1.54) is 0 Å². The summed E-state index contributed by atoms with van der Waals surface area (Å²) < 4.78 is 9.91. The Balaban J connectivity index is 2.14. The van der Waals surface area contributed by atoms with Gasteiger partial charge >= 0.3 is 5.97 Å². The van der Waals surface area contributed by atoms with Gasteiger partial charge in [-0.15, -0.1) is 0 Å². The normalized spacial score (nSPS) is 20.4. The van der Waals surface area contributed by atoms with Crippen molar-refractivity contribution < 1.29 is 24.5 Å². The van der Waals surface area contributed by atoms with E-state index in [4.69, 9.17) is 9.47 Å². The van der Waals surface area contributed by atoms with E-state index in [0.29, 0.717) is 39.2 Å². The van der Waals surface area contributed by atoms with Gasteiger partial charge in [0.25, 0.3) is 0 Å². The largest absolute Gasteiger partial charge is 0.466 e. The van der Waals surface area contributed by atoms with E-state index in [-0.39, 0.29) is 13.0 Å². The summed E-state index contributed by atoms with van der Waals surface area (Å²) in [6, 6.07) is 0. The molecule has 18 heavy (non-hydrogen) atoms. The average molecular weight is 261 g/mol. The molecule has 6 nitrogen and oxygen atoms in total. The Labute approximate surface area is 107 Å². The number of hydrogen-bond acceptors (Lipinski definition) is 6. The SMILES string of the molecule is CCOC(=O)CC(O)CNCC1(O)CCOCC1. The molecule has 1 heterocycles. The van der Waals surface area contributed by atoms with Crippen molar-refractivity contribution in [2.75, 3.05) is 32.9 Å². The van der Waals surface area contributed by atoms with Crippen molar-refractivity contribution in [3.63, 3.8) is 0 Å². The maximum atomic E-state index is 11.1. The van der Waals surface area contributed by atoms with Gasteiger partial charge in [0.1, 0.15) is 0 Å². The number of carbonyl (C=O) groups is 1. The summed E-state index contributed by atoms with van der Waals surface area (Å²) in [6.07, 6.45) is 0.372. The summed E-state index contributed by atoms with van der Waals surface area (Å²) >= 11 is 0. The second-order valence-corrected chi connectivity index (χ2v) is 4.63. The van der Waals surface area contributed by atoms with Gasteiger partial charge in [0.15, 0.2) is 0 Å². The maximum Gasteiger partial charge on any atom is 0.308 e. The standard InChI is InChI=1S/C12H23NO5/c1-2-18-11(15)7-10(14)8-13-9-12(16)3-5-17-6-4-12/h10,13-14,16H,2-9H2,1H3. The van der Waals surface area contributed by atoms with Crippen molar-refractivity contribution in [1.82, 2.24) is 5.32 Å². The van der Waals surface area contributed by atoms with Crippen LogP contribution in [0, 0.1) is 0 Å². The summed E-state index contributed by atoms with van der Waals surface area (Å²) in [4.78, 5) is 11.1. The second kappa shape index (κ2) is 7.68. The molecule has 6 heteroatoms. The van der Waals surface area contributed by atoms with Gasteiger partial charge in [0.05, 0.1) is 24.7 Å². The molecule has 1 unspecified atom stereocenters. The van der Waals surface area contributed by atoms with Crippen LogP contribution in [0.25, 0.3) is 0 Å². The number of rotatable bonds is 7. The van der Waals surface area contributed by atoms with Crippen LogP contribution in [0.1, 0.15) is 26.2 Å². The molecule has 0 aromatic carbocycles. The van der Waals surface area contributed by atoms with Crippen molar-refractivity contribution in [2.24, 2.45) is 0 Å². The van der Waals surface area contributed by atoms with Crippen LogP contribution in [0.4, 0.5) is 0 Å². The molecule has 1 aliphatic rings. The quantitative estimate of drug-likeness (QED) is 0.532. The first kappa shape index (κ1) is 15.4. The van der Waals surface area contributed by atoms with Gasteiger partial charge in [-0.3, -0.25) is 4.79 Å². The Morgan fingerprint density at radius 2 is 2.17 bits per heavy atom. The van der Waals surface area contributed by atoms with Gasteiger partial charge in [0.2, 0.25) is 0 Å². The Morgan fingerprint density at radius 1 is 1.50 bits per heavy atom. The molecule has 0 aromatic rings. The highest BCUT2D eigenvalue weighted by Crippen LogP contribution is 2.19. The third kappa shape index (κ3) is 5.77. The second-order valence-electron chi connectivity index (χ2n) is 4.63. The van der Waals surface area contributed by atoms with E-state index in [1.54, 1.807) is 6.92 Å². The third-order valence-electron chi connectivity index (χ3n) is 2.97. The molecule has 0 amide bonds. The minimum atomic E-state index is -0.785. The van der Waals surface area contributed by atoms with E-state index >= 15 is 0 Å². The number of hydrogen-bond donors (Lipinski definition) is 3. The Kier molecular flexibility index (Phi) is 6.56. The fraction of sp³-hybridized carbons (Fsp3) is 0.917. The third-order valence-corrected chi connectivity index (χ3v) is 2.97. The predicted molar refractivity (Wildman–Crippen MR) is 65.1 cm³/mol. The number of esters is 1. The summed E-state index contributed by atoms with van der Waals surface area (Å²) in [5.74, 6) is -0.406. The van der Waals surface area contributed by atoms with Crippen LogP contribution in [-0.2, 0) is 14.3 Å². The monoisotopic (exact) mass is 261 g/mol. The van der Waals surface area contributed by atoms with Crippen molar-refractivity contribution in [2.45, 2.75) is 37.9 Å². The van der Waals surface area contributed by atoms with E-state index in [0.717, 1.165) is 0 Å². The average Bonchev–Trinajstić information content (AvgIpc) is 2.29. The number of aliphatic hydroxyl groups excluding tert-OH is 1. The first-order valence-corrected chi connectivity index (χ1v) is 6.40. The Hall–Kier alpha value is -0.690. The van der Waals surface area contributed by atoms with E-state index in [9.17, 15) is 15.0 Å². The van der Waals surface area contributed by atoms with Gasteiger partial charge in [-0.25, -0.2) is 0 Å². The van der Waals surface area contributed by atoms with Crippen LogP contribution in [0.5, 0.6) is 0 Å². The molecular weight excluding hydrogens is 238 g/mol. The molecule has 0 saturated carbocycles. The van der Waals surface area contributed by atoms with E-state index in [2.05, 4.69) is 5.32 Å². The fourth-order valence-electron chi connectivity index (χ4n) is 1.88. The van der Waals surface area contributed by atoms with Crippen LogP contribution < -0.4 is 5.32 Å². The molecule has 1 atom stereocenters. The van der Waals surface area contributed by atoms with Crippen molar-refractivity contribution >= 4 is 5.97 Å². The van der Waals surface area contributed by atoms with Crippen LogP contribution in [0.15, 0.2) is 0 Å². The van der Waals surface area contributed by atoms with Crippen LogP contribution >= 0.6 is 0 Å². The number of ether oxygens (including phenoxy) is 2. The summed E-state index contributed by atoms with van der Waals surface area (Å²) in [6.45, 7) is 3.83. The summed E-state index contributed by atoms with van der Waals surface area (Å²) in [5.41, 5.74) is -0.762. The molecule has 0 aliphatic carbocycles. The number of nitrogens with one attached hydrogen (secondary N) is 1. The topological polar surface area (TPSA) is 88.0 Å². The predicted octanol–water partition coefficient (Wildman–Crippen LogP) is -0.568. The fourth-order valence-corrected chi connectivity index (χ4v) is 1.88. The Morgan fingerprint density at radius 3 is 2.78 bits per heavy atom. The van der Waals surface area contributed by atoms with Crippen LogP contribution in [0.2, 0.25) is 0 Å². The minimum absolute atomic E-state index is 0.0254. The molecule has 0 spiro atoms. The molecule has 106 valence electrons. The lowest BCUT2D eigenvalue weighted by Gasteiger charge is -2.32. The van der Waals surface area contributed by atoms with Gasteiger partial charge in [-0.1, -0.05) is 0 Å². The van der Waals surface area contributed by atoms with Crippen LogP contribution in [-0.4, -0.2) is 60.8 Å². The van der Waals surface area contributed by atoms with Gasteiger partial charge < -0.3 is 25.0 Å². The summed E-state index contributed by atoms with van der Waals surface area (Å²) in [5, 5.41) is 22.7. The lowest BCUT2D eigenvalue weighted by molar-refractivity contribution is -0.145. The lowest BCUT2D eigenvalue weighted by atomic mass is 9.94. The molecule has 0 aromatic heterocycles. The number of aliphatic hydroxyl groups is 2. The first-order valence-electron chi connectivity index (χ1n) is 6.40. The zero-order chi connectivity index (χ0) is 13.4. The molecule has 1 saturated heterocycles. The van der Waals surface area contributed by atoms with E-state index in [1.807, 2.05) is 0 Å². The first-order chi connectivity index (χ1) is 8.56. The Bertz CT molecular complexity index is 253. The highest BCUT2D eigenvalue weighted by atomic mass is 16.5. The molecule has 3 N–H and O–H groups in total. The molecule has 0 radical (unpaired) electrons. The van der Waals surface area contributed by atoms with Gasteiger partial charge in [-0.05, 0) is 6.92 Å².